The van der Waals surface area contributed by atoms with Gasteiger partial charge in [-0.3, -0.25) is 14.5 Å². The van der Waals surface area contributed by atoms with Crippen LogP contribution in [-0.4, -0.2) is 47.1 Å². The molecule has 1 aliphatic rings. The topological polar surface area (TPSA) is 69.6 Å². The van der Waals surface area contributed by atoms with Gasteiger partial charge in [-0.2, -0.15) is 0 Å². The Bertz CT molecular complexity index is 344. The van der Waals surface area contributed by atoms with E-state index < -0.39 is 12.0 Å². The molecule has 2 unspecified atom stereocenters. The zero-order chi connectivity index (χ0) is 15.8. The number of rotatable bonds is 8. The molecule has 0 saturated carbocycles. The van der Waals surface area contributed by atoms with Crippen LogP contribution in [0.1, 0.15) is 59.3 Å². The lowest BCUT2D eigenvalue weighted by Gasteiger charge is -2.32. The van der Waals surface area contributed by atoms with E-state index in [2.05, 4.69) is 19.2 Å². The number of amides is 1. The summed E-state index contributed by atoms with van der Waals surface area (Å²) in [5.74, 6) is -0.176. The summed E-state index contributed by atoms with van der Waals surface area (Å²) in [6.45, 7) is 7.32. The summed E-state index contributed by atoms with van der Waals surface area (Å²) < 4.78 is 0. The standard InChI is InChI=1S/C16H30N2O3/c1-12(2)7-6-8-13(3)17-15(19)11-18-10-5-4-9-14(18)16(20)21/h12-14H,4-11H2,1-3H3,(H,17,19)(H,20,21). The van der Waals surface area contributed by atoms with Crippen LogP contribution >= 0.6 is 0 Å². The van der Waals surface area contributed by atoms with Crippen LogP contribution in [0, 0.1) is 5.92 Å². The molecule has 0 aliphatic carbocycles. The van der Waals surface area contributed by atoms with Crippen LogP contribution in [0.25, 0.3) is 0 Å². The van der Waals surface area contributed by atoms with Gasteiger partial charge in [0.15, 0.2) is 0 Å². The fraction of sp³-hybridized carbons (Fsp3) is 0.875. The fourth-order valence-electron chi connectivity index (χ4n) is 2.87. The van der Waals surface area contributed by atoms with E-state index in [-0.39, 0.29) is 18.5 Å². The van der Waals surface area contributed by atoms with Crippen LogP contribution < -0.4 is 5.32 Å². The summed E-state index contributed by atoms with van der Waals surface area (Å²) in [6.07, 6.45) is 5.81. The average Bonchev–Trinajstić information content (AvgIpc) is 2.38. The molecule has 2 N–H and O–H groups in total. The minimum Gasteiger partial charge on any atom is -0.480 e. The summed E-state index contributed by atoms with van der Waals surface area (Å²) in [7, 11) is 0. The van der Waals surface area contributed by atoms with Crippen molar-refractivity contribution in [3.63, 3.8) is 0 Å². The summed E-state index contributed by atoms with van der Waals surface area (Å²) in [5.41, 5.74) is 0. The number of piperidine rings is 1. The molecule has 1 fully saturated rings. The summed E-state index contributed by atoms with van der Waals surface area (Å²) in [6, 6.07) is -0.343. The molecule has 21 heavy (non-hydrogen) atoms. The van der Waals surface area contributed by atoms with Gasteiger partial charge in [-0.05, 0) is 38.6 Å². The van der Waals surface area contributed by atoms with E-state index in [1.54, 1.807) is 4.90 Å². The maximum absolute atomic E-state index is 12.0. The fourth-order valence-corrected chi connectivity index (χ4v) is 2.87. The van der Waals surface area contributed by atoms with Crippen LogP contribution in [0.3, 0.4) is 0 Å². The highest BCUT2D eigenvalue weighted by atomic mass is 16.4. The second kappa shape index (κ2) is 9.03. The normalized spacial score (nSPS) is 21.2. The Kier molecular flexibility index (Phi) is 7.72. The highest BCUT2D eigenvalue weighted by Gasteiger charge is 2.29. The number of carbonyl (C=O) groups excluding carboxylic acids is 1. The molecule has 0 spiro atoms. The van der Waals surface area contributed by atoms with E-state index in [4.69, 9.17) is 0 Å². The van der Waals surface area contributed by atoms with Crippen LogP contribution in [0.2, 0.25) is 0 Å². The van der Waals surface area contributed by atoms with Gasteiger partial charge in [0.2, 0.25) is 5.91 Å². The highest BCUT2D eigenvalue weighted by molar-refractivity contribution is 5.80. The lowest BCUT2D eigenvalue weighted by Crippen LogP contribution is -2.50. The molecule has 0 radical (unpaired) electrons. The van der Waals surface area contributed by atoms with E-state index >= 15 is 0 Å². The quantitative estimate of drug-likeness (QED) is 0.721. The van der Waals surface area contributed by atoms with Crippen molar-refractivity contribution < 1.29 is 14.7 Å². The first-order valence-corrected chi connectivity index (χ1v) is 8.16. The molecule has 0 aromatic rings. The zero-order valence-electron chi connectivity index (χ0n) is 13.6. The minimum absolute atomic E-state index is 0.0554. The molecule has 1 saturated heterocycles. The molecule has 0 bridgehead atoms. The summed E-state index contributed by atoms with van der Waals surface area (Å²) >= 11 is 0. The zero-order valence-corrected chi connectivity index (χ0v) is 13.6. The van der Waals surface area contributed by atoms with Crippen molar-refractivity contribution in [2.45, 2.75) is 71.4 Å². The number of carboxylic acid groups (broad SMARTS) is 1. The smallest absolute Gasteiger partial charge is 0.320 e. The molecular formula is C16H30N2O3. The number of aliphatic carboxylic acids is 1. The number of nitrogens with one attached hydrogen (secondary N) is 1. The Morgan fingerprint density at radius 3 is 2.57 bits per heavy atom. The van der Waals surface area contributed by atoms with Crippen molar-refractivity contribution in [1.29, 1.82) is 0 Å². The Morgan fingerprint density at radius 2 is 1.95 bits per heavy atom. The summed E-state index contributed by atoms with van der Waals surface area (Å²) in [5, 5.41) is 12.2. The Hall–Kier alpha value is -1.10. The lowest BCUT2D eigenvalue weighted by molar-refractivity contribution is -0.145. The maximum atomic E-state index is 12.0. The second-order valence-electron chi connectivity index (χ2n) is 6.61. The van der Waals surface area contributed by atoms with Gasteiger partial charge in [0, 0.05) is 6.04 Å². The van der Waals surface area contributed by atoms with Gasteiger partial charge in [-0.15, -0.1) is 0 Å². The molecule has 1 heterocycles. The van der Waals surface area contributed by atoms with Crippen molar-refractivity contribution in [1.82, 2.24) is 10.2 Å². The van der Waals surface area contributed by atoms with Crippen molar-refractivity contribution in [3.05, 3.63) is 0 Å². The Balaban J connectivity index is 2.32. The molecule has 0 aromatic carbocycles. The predicted octanol–water partition coefficient (Wildman–Crippen LogP) is 2.26. The van der Waals surface area contributed by atoms with Gasteiger partial charge >= 0.3 is 5.97 Å². The Labute approximate surface area is 128 Å². The number of likely N-dealkylation sites (tertiary alicyclic amines) is 1. The first-order chi connectivity index (χ1) is 9.90. The largest absolute Gasteiger partial charge is 0.480 e. The second-order valence-corrected chi connectivity index (χ2v) is 6.61. The first-order valence-electron chi connectivity index (χ1n) is 8.16. The maximum Gasteiger partial charge on any atom is 0.320 e. The van der Waals surface area contributed by atoms with Crippen LogP contribution in [0.15, 0.2) is 0 Å². The van der Waals surface area contributed by atoms with Gasteiger partial charge in [0.1, 0.15) is 6.04 Å². The molecular weight excluding hydrogens is 268 g/mol. The number of hydrogen-bond donors (Lipinski definition) is 2. The SMILES string of the molecule is CC(C)CCCC(C)NC(=O)CN1CCCCC1C(=O)O. The van der Waals surface area contributed by atoms with Crippen molar-refractivity contribution in [2.24, 2.45) is 5.92 Å². The molecule has 1 amide bonds. The van der Waals surface area contributed by atoms with E-state index in [1.165, 1.54) is 6.42 Å². The van der Waals surface area contributed by atoms with Gasteiger partial charge < -0.3 is 10.4 Å². The monoisotopic (exact) mass is 298 g/mol. The highest BCUT2D eigenvalue weighted by Crippen LogP contribution is 2.16. The number of hydrogen-bond acceptors (Lipinski definition) is 3. The molecule has 5 nitrogen and oxygen atoms in total. The number of carbonyl (C=O) groups is 2. The third-order valence-corrected chi connectivity index (χ3v) is 4.07. The van der Waals surface area contributed by atoms with E-state index in [0.717, 1.165) is 25.7 Å². The molecule has 0 aromatic heterocycles. The van der Waals surface area contributed by atoms with Gasteiger partial charge in [-0.1, -0.05) is 33.1 Å². The van der Waals surface area contributed by atoms with E-state index in [0.29, 0.717) is 18.9 Å². The van der Waals surface area contributed by atoms with Crippen LogP contribution in [0.4, 0.5) is 0 Å². The first kappa shape index (κ1) is 18.0. The van der Waals surface area contributed by atoms with Crippen LogP contribution in [0.5, 0.6) is 0 Å². The minimum atomic E-state index is -0.813. The van der Waals surface area contributed by atoms with Gasteiger partial charge in [0.25, 0.3) is 0 Å². The van der Waals surface area contributed by atoms with Gasteiger partial charge in [0.05, 0.1) is 6.54 Å². The van der Waals surface area contributed by atoms with Crippen LogP contribution in [-0.2, 0) is 9.59 Å². The number of carboxylic acids is 1. The third-order valence-electron chi connectivity index (χ3n) is 4.07. The van der Waals surface area contributed by atoms with E-state index in [9.17, 15) is 14.7 Å². The third kappa shape index (κ3) is 6.93. The van der Waals surface area contributed by atoms with Gasteiger partial charge in [-0.25, -0.2) is 0 Å². The Morgan fingerprint density at radius 1 is 1.24 bits per heavy atom. The number of nitrogens with zero attached hydrogens (tertiary/aromatic N) is 1. The molecule has 122 valence electrons. The lowest BCUT2D eigenvalue weighted by atomic mass is 10.0. The van der Waals surface area contributed by atoms with Crippen molar-refractivity contribution >= 4 is 11.9 Å². The molecule has 2 atom stereocenters. The van der Waals surface area contributed by atoms with Crippen molar-refractivity contribution in [3.8, 4) is 0 Å². The van der Waals surface area contributed by atoms with E-state index in [1.807, 2.05) is 6.92 Å². The molecule has 5 heteroatoms. The predicted molar refractivity (Wildman–Crippen MR) is 83.1 cm³/mol. The average molecular weight is 298 g/mol. The molecule has 1 aliphatic heterocycles. The summed E-state index contributed by atoms with van der Waals surface area (Å²) in [4.78, 5) is 25.0. The molecule has 1 rings (SSSR count). The van der Waals surface area contributed by atoms with Crippen molar-refractivity contribution in [2.75, 3.05) is 13.1 Å².